The summed E-state index contributed by atoms with van der Waals surface area (Å²) >= 11 is 0. The van der Waals surface area contributed by atoms with Crippen LogP contribution in [0.2, 0.25) is 0 Å². The second kappa shape index (κ2) is 6.35. The summed E-state index contributed by atoms with van der Waals surface area (Å²) in [6.07, 6.45) is 9.02. The van der Waals surface area contributed by atoms with Gasteiger partial charge < -0.3 is 5.73 Å². The molecule has 5 heteroatoms. The lowest BCUT2D eigenvalue weighted by atomic mass is 9.91. The lowest BCUT2D eigenvalue weighted by molar-refractivity contribution is 0.221. The molecule has 2 rings (SSSR count). The van der Waals surface area contributed by atoms with Crippen molar-refractivity contribution >= 4 is 10.0 Å². The summed E-state index contributed by atoms with van der Waals surface area (Å²) in [5.74, 6) is 0.729. The molecular weight excluding hydrogens is 248 g/mol. The fourth-order valence-corrected chi connectivity index (χ4v) is 5.27. The van der Waals surface area contributed by atoms with Gasteiger partial charge in [-0.3, -0.25) is 0 Å². The Morgan fingerprint density at radius 3 is 2.17 bits per heavy atom. The molecule has 0 aliphatic heterocycles. The van der Waals surface area contributed by atoms with E-state index in [0.29, 0.717) is 24.8 Å². The first-order valence-electron chi connectivity index (χ1n) is 7.33. The smallest absolute Gasteiger partial charge is 0.214 e. The van der Waals surface area contributed by atoms with E-state index in [2.05, 4.69) is 0 Å². The van der Waals surface area contributed by atoms with Crippen LogP contribution < -0.4 is 5.73 Å². The quantitative estimate of drug-likeness (QED) is 0.802. The lowest BCUT2D eigenvalue weighted by Gasteiger charge is -2.37. The van der Waals surface area contributed by atoms with E-state index >= 15 is 0 Å². The van der Waals surface area contributed by atoms with Gasteiger partial charge in [-0.2, -0.15) is 4.31 Å². The molecule has 2 aliphatic rings. The Bertz CT molecular complexity index is 346. The molecule has 0 atom stereocenters. The number of nitrogens with zero attached hydrogens (tertiary/aromatic N) is 1. The van der Waals surface area contributed by atoms with Gasteiger partial charge in [-0.05, 0) is 31.6 Å². The molecule has 4 nitrogen and oxygen atoms in total. The number of rotatable bonds is 6. The van der Waals surface area contributed by atoms with E-state index in [-0.39, 0.29) is 6.04 Å². The first-order chi connectivity index (χ1) is 8.63. The first kappa shape index (κ1) is 14.3. The van der Waals surface area contributed by atoms with E-state index < -0.39 is 10.0 Å². The highest BCUT2D eigenvalue weighted by molar-refractivity contribution is 7.89. The molecule has 0 aromatic heterocycles. The van der Waals surface area contributed by atoms with Crippen molar-refractivity contribution in [1.82, 2.24) is 4.31 Å². The highest BCUT2D eigenvalue weighted by atomic mass is 32.2. The molecule has 2 aliphatic carbocycles. The summed E-state index contributed by atoms with van der Waals surface area (Å²) in [6, 6.07) is 0.238. The largest absolute Gasteiger partial charge is 0.329 e. The van der Waals surface area contributed by atoms with Crippen LogP contribution in [0.1, 0.15) is 51.4 Å². The van der Waals surface area contributed by atoms with Gasteiger partial charge in [-0.1, -0.05) is 25.7 Å². The Hall–Kier alpha value is -0.130. The Labute approximate surface area is 111 Å². The van der Waals surface area contributed by atoms with Crippen LogP contribution in [0.25, 0.3) is 0 Å². The summed E-state index contributed by atoms with van der Waals surface area (Å²) in [7, 11) is -3.09. The fraction of sp³-hybridized carbons (Fsp3) is 1.00. The fourth-order valence-electron chi connectivity index (χ4n) is 3.10. The molecule has 0 amide bonds. The third-order valence-corrected chi connectivity index (χ3v) is 6.45. The minimum Gasteiger partial charge on any atom is -0.329 e. The molecule has 0 radical (unpaired) electrons. The lowest BCUT2D eigenvalue weighted by Crippen LogP contribution is -2.48. The molecule has 0 aromatic rings. The van der Waals surface area contributed by atoms with Crippen molar-refractivity contribution in [2.45, 2.75) is 57.4 Å². The number of nitrogens with two attached hydrogens (primary N) is 1. The second-order valence-corrected chi connectivity index (χ2v) is 7.73. The molecule has 106 valence electrons. The Morgan fingerprint density at radius 2 is 1.67 bits per heavy atom. The van der Waals surface area contributed by atoms with Crippen LogP contribution in [0.4, 0.5) is 0 Å². The zero-order valence-electron chi connectivity index (χ0n) is 11.2. The van der Waals surface area contributed by atoms with Crippen LogP contribution in [-0.4, -0.2) is 37.6 Å². The van der Waals surface area contributed by atoms with Crippen molar-refractivity contribution in [2.75, 3.05) is 18.8 Å². The van der Waals surface area contributed by atoms with Crippen LogP contribution in [0.5, 0.6) is 0 Å². The minimum absolute atomic E-state index is 0.238. The Morgan fingerprint density at radius 1 is 1.00 bits per heavy atom. The van der Waals surface area contributed by atoms with Gasteiger partial charge in [-0.25, -0.2) is 8.42 Å². The standard InChI is InChI=1S/C13H26N2O2S/c14-9-10-15(13-7-4-8-13)18(16,17)11-12-5-2-1-3-6-12/h12-13H,1-11,14H2. The number of sulfonamides is 1. The molecule has 2 N–H and O–H groups in total. The zero-order valence-corrected chi connectivity index (χ0v) is 12.0. The average molecular weight is 274 g/mol. The van der Waals surface area contributed by atoms with E-state index in [1.807, 2.05) is 0 Å². The predicted molar refractivity (Wildman–Crippen MR) is 73.8 cm³/mol. The molecule has 0 aromatic carbocycles. The maximum Gasteiger partial charge on any atom is 0.214 e. The van der Waals surface area contributed by atoms with Gasteiger partial charge in [0.05, 0.1) is 5.75 Å². The van der Waals surface area contributed by atoms with Crippen molar-refractivity contribution < 1.29 is 8.42 Å². The van der Waals surface area contributed by atoms with Gasteiger partial charge in [0.25, 0.3) is 0 Å². The van der Waals surface area contributed by atoms with Crippen molar-refractivity contribution in [3.63, 3.8) is 0 Å². The van der Waals surface area contributed by atoms with E-state index in [9.17, 15) is 8.42 Å². The minimum atomic E-state index is -3.09. The summed E-state index contributed by atoms with van der Waals surface area (Å²) in [4.78, 5) is 0. The maximum atomic E-state index is 12.5. The van der Waals surface area contributed by atoms with E-state index in [1.165, 1.54) is 19.3 Å². The second-order valence-electron chi connectivity index (χ2n) is 5.77. The van der Waals surface area contributed by atoms with E-state index in [0.717, 1.165) is 32.1 Å². The van der Waals surface area contributed by atoms with Gasteiger partial charge in [0.2, 0.25) is 10.0 Å². The van der Waals surface area contributed by atoms with Crippen molar-refractivity contribution in [2.24, 2.45) is 11.7 Å². The molecular formula is C13H26N2O2S. The van der Waals surface area contributed by atoms with Gasteiger partial charge >= 0.3 is 0 Å². The normalized spacial score (nSPS) is 23.2. The molecule has 0 heterocycles. The summed E-state index contributed by atoms with van der Waals surface area (Å²) in [5, 5.41) is 0. The zero-order chi connectivity index (χ0) is 13.0. The maximum absolute atomic E-state index is 12.5. The van der Waals surface area contributed by atoms with Crippen molar-refractivity contribution in [3.8, 4) is 0 Å². The molecule has 0 bridgehead atoms. The highest BCUT2D eigenvalue weighted by Gasteiger charge is 2.34. The van der Waals surface area contributed by atoms with Crippen molar-refractivity contribution in [3.05, 3.63) is 0 Å². The van der Waals surface area contributed by atoms with Gasteiger partial charge in [0, 0.05) is 19.1 Å². The topological polar surface area (TPSA) is 63.4 Å². The molecule has 18 heavy (non-hydrogen) atoms. The Kier molecular flexibility index (Phi) is 5.04. The predicted octanol–water partition coefficient (Wildman–Crippen LogP) is 1.71. The Balaban J connectivity index is 1.97. The molecule has 2 saturated carbocycles. The van der Waals surface area contributed by atoms with Crippen LogP contribution >= 0.6 is 0 Å². The first-order valence-corrected chi connectivity index (χ1v) is 8.94. The molecule has 0 saturated heterocycles. The monoisotopic (exact) mass is 274 g/mol. The summed E-state index contributed by atoms with van der Waals surface area (Å²) in [5.41, 5.74) is 5.57. The third kappa shape index (κ3) is 3.45. The van der Waals surface area contributed by atoms with Crippen LogP contribution in [0.3, 0.4) is 0 Å². The summed E-state index contributed by atoms with van der Waals surface area (Å²) < 4.78 is 26.7. The molecule has 0 spiro atoms. The van der Waals surface area contributed by atoms with Gasteiger partial charge in [-0.15, -0.1) is 0 Å². The highest BCUT2D eigenvalue weighted by Crippen LogP contribution is 2.30. The van der Waals surface area contributed by atoms with Crippen LogP contribution in [0, 0.1) is 5.92 Å². The van der Waals surface area contributed by atoms with Gasteiger partial charge in [0.15, 0.2) is 0 Å². The SMILES string of the molecule is NCCN(C1CCC1)S(=O)(=O)CC1CCCCC1. The summed E-state index contributed by atoms with van der Waals surface area (Å²) in [6.45, 7) is 0.931. The average Bonchev–Trinajstić information content (AvgIpc) is 2.27. The van der Waals surface area contributed by atoms with Crippen LogP contribution in [0.15, 0.2) is 0 Å². The molecule has 2 fully saturated rings. The number of hydrogen-bond donors (Lipinski definition) is 1. The van der Waals surface area contributed by atoms with Crippen molar-refractivity contribution in [1.29, 1.82) is 0 Å². The van der Waals surface area contributed by atoms with Gasteiger partial charge in [0.1, 0.15) is 0 Å². The third-order valence-electron chi connectivity index (χ3n) is 4.36. The number of hydrogen-bond acceptors (Lipinski definition) is 3. The van der Waals surface area contributed by atoms with E-state index in [4.69, 9.17) is 5.73 Å². The van der Waals surface area contributed by atoms with E-state index in [1.54, 1.807) is 4.31 Å². The molecule has 0 unspecified atom stereocenters. The van der Waals surface area contributed by atoms with Crippen LogP contribution in [-0.2, 0) is 10.0 Å².